The predicted molar refractivity (Wildman–Crippen MR) is 78.5 cm³/mol. The van der Waals surface area contributed by atoms with Crippen LogP contribution in [0.1, 0.15) is 45.4 Å². The van der Waals surface area contributed by atoms with Gasteiger partial charge in [0.2, 0.25) is 0 Å². The van der Waals surface area contributed by atoms with Crippen LogP contribution in [0.5, 0.6) is 5.75 Å². The Balaban J connectivity index is 2.15. The molecule has 106 valence electrons. The summed E-state index contributed by atoms with van der Waals surface area (Å²) in [4.78, 5) is 13.4. The van der Waals surface area contributed by atoms with Crippen molar-refractivity contribution in [3.8, 4) is 5.75 Å². The van der Waals surface area contributed by atoms with Crippen molar-refractivity contribution in [1.29, 1.82) is 0 Å². The number of carbonyl (C=O) groups is 1. The number of ether oxygens (including phenoxy) is 1. The normalized spacial score (nSPS) is 10.2. The maximum absolute atomic E-state index is 11.8. The summed E-state index contributed by atoms with van der Waals surface area (Å²) in [6.45, 7) is 2.98. The Kier molecular flexibility index (Phi) is 7.71. The van der Waals surface area contributed by atoms with Gasteiger partial charge < -0.3 is 9.64 Å². The Morgan fingerprint density at radius 3 is 2.37 bits per heavy atom. The third-order valence-electron chi connectivity index (χ3n) is 3.11. The van der Waals surface area contributed by atoms with E-state index in [1.54, 1.807) is 24.1 Å². The Labute approximate surface area is 116 Å². The van der Waals surface area contributed by atoms with Gasteiger partial charge in [-0.3, -0.25) is 0 Å². The van der Waals surface area contributed by atoms with Gasteiger partial charge in [0, 0.05) is 13.6 Å². The smallest absolute Gasteiger partial charge is 0.410 e. The van der Waals surface area contributed by atoms with Crippen molar-refractivity contribution in [3.63, 3.8) is 0 Å². The lowest BCUT2D eigenvalue weighted by atomic mass is 10.1. The SMILES string of the molecule is CCCCCCCCN(C)C(=O)Oc1ccccc1. The number of carbonyl (C=O) groups excluding carboxylic acids is 1. The van der Waals surface area contributed by atoms with Gasteiger partial charge in [0.1, 0.15) is 5.75 Å². The highest BCUT2D eigenvalue weighted by Crippen LogP contribution is 2.10. The minimum absolute atomic E-state index is 0.278. The fourth-order valence-corrected chi connectivity index (χ4v) is 1.89. The number of hydrogen-bond donors (Lipinski definition) is 0. The zero-order chi connectivity index (χ0) is 13.9. The van der Waals surface area contributed by atoms with Crippen molar-refractivity contribution in [3.05, 3.63) is 30.3 Å². The average Bonchev–Trinajstić information content (AvgIpc) is 2.43. The summed E-state index contributed by atoms with van der Waals surface area (Å²) >= 11 is 0. The topological polar surface area (TPSA) is 29.5 Å². The molecule has 0 aromatic heterocycles. The summed E-state index contributed by atoms with van der Waals surface area (Å²) in [5.41, 5.74) is 0. The molecule has 0 N–H and O–H groups in total. The molecule has 1 aromatic carbocycles. The van der Waals surface area contributed by atoms with Crippen molar-refractivity contribution < 1.29 is 9.53 Å². The van der Waals surface area contributed by atoms with Gasteiger partial charge >= 0.3 is 6.09 Å². The summed E-state index contributed by atoms with van der Waals surface area (Å²) in [5, 5.41) is 0. The van der Waals surface area contributed by atoms with Gasteiger partial charge in [0.25, 0.3) is 0 Å². The maximum Gasteiger partial charge on any atom is 0.414 e. The first kappa shape index (κ1) is 15.5. The molecule has 0 atom stereocenters. The largest absolute Gasteiger partial charge is 0.414 e. The van der Waals surface area contributed by atoms with Crippen LogP contribution in [0.2, 0.25) is 0 Å². The van der Waals surface area contributed by atoms with Crippen molar-refractivity contribution >= 4 is 6.09 Å². The first-order chi connectivity index (χ1) is 9.24. The lowest BCUT2D eigenvalue weighted by Gasteiger charge is -2.16. The Morgan fingerprint density at radius 2 is 1.68 bits per heavy atom. The molecular weight excluding hydrogens is 238 g/mol. The van der Waals surface area contributed by atoms with E-state index in [0.29, 0.717) is 5.75 Å². The molecule has 0 aliphatic rings. The predicted octanol–water partition coefficient (Wildman–Crippen LogP) is 4.48. The molecule has 3 nitrogen and oxygen atoms in total. The third kappa shape index (κ3) is 6.85. The first-order valence-electron chi connectivity index (χ1n) is 7.22. The monoisotopic (exact) mass is 263 g/mol. The van der Waals surface area contributed by atoms with Crippen LogP contribution in [0.15, 0.2) is 30.3 Å². The van der Waals surface area contributed by atoms with Crippen molar-refractivity contribution in [2.45, 2.75) is 45.4 Å². The highest BCUT2D eigenvalue weighted by molar-refractivity contribution is 5.70. The van der Waals surface area contributed by atoms with Gasteiger partial charge in [0.05, 0.1) is 0 Å². The first-order valence-corrected chi connectivity index (χ1v) is 7.22. The zero-order valence-electron chi connectivity index (χ0n) is 12.1. The van der Waals surface area contributed by atoms with Crippen LogP contribution in [-0.2, 0) is 0 Å². The standard InChI is InChI=1S/C16H25NO2/c1-3-4-5-6-7-11-14-17(2)16(18)19-15-12-9-8-10-13-15/h8-10,12-13H,3-7,11,14H2,1-2H3. The van der Waals surface area contributed by atoms with Crippen LogP contribution in [0.25, 0.3) is 0 Å². The minimum atomic E-state index is -0.278. The quantitative estimate of drug-likeness (QED) is 0.647. The number of benzene rings is 1. The van der Waals surface area contributed by atoms with Crippen LogP contribution < -0.4 is 4.74 Å². The molecule has 0 unspecified atom stereocenters. The molecule has 0 aliphatic heterocycles. The van der Waals surface area contributed by atoms with Gasteiger partial charge in [-0.05, 0) is 18.6 Å². The average molecular weight is 263 g/mol. The van der Waals surface area contributed by atoms with E-state index in [-0.39, 0.29) is 6.09 Å². The summed E-state index contributed by atoms with van der Waals surface area (Å²) in [6, 6.07) is 9.19. The van der Waals surface area contributed by atoms with E-state index in [4.69, 9.17) is 4.74 Å². The molecule has 0 saturated heterocycles. The molecule has 0 aliphatic carbocycles. The molecule has 0 saturated carbocycles. The van der Waals surface area contributed by atoms with Gasteiger partial charge in [-0.1, -0.05) is 57.2 Å². The number of nitrogens with zero attached hydrogens (tertiary/aromatic N) is 1. The van der Waals surface area contributed by atoms with Crippen LogP contribution in [0.4, 0.5) is 4.79 Å². The molecule has 0 fully saturated rings. The fourth-order valence-electron chi connectivity index (χ4n) is 1.89. The molecule has 0 heterocycles. The van der Waals surface area contributed by atoms with E-state index in [0.717, 1.165) is 13.0 Å². The van der Waals surface area contributed by atoms with Crippen molar-refractivity contribution in [2.75, 3.05) is 13.6 Å². The highest BCUT2D eigenvalue weighted by atomic mass is 16.6. The fraction of sp³-hybridized carbons (Fsp3) is 0.562. The van der Waals surface area contributed by atoms with Gasteiger partial charge in [-0.15, -0.1) is 0 Å². The van der Waals surface area contributed by atoms with Crippen LogP contribution in [0, 0.1) is 0 Å². The van der Waals surface area contributed by atoms with Gasteiger partial charge in [0.15, 0.2) is 0 Å². The molecule has 3 heteroatoms. The van der Waals surface area contributed by atoms with E-state index in [9.17, 15) is 4.79 Å². The number of hydrogen-bond acceptors (Lipinski definition) is 2. The van der Waals surface area contributed by atoms with E-state index in [1.807, 2.05) is 18.2 Å². The second kappa shape index (κ2) is 9.42. The third-order valence-corrected chi connectivity index (χ3v) is 3.11. The molecule has 19 heavy (non-hydrogen) atoms. The van der Waals surface area contributed by atoms with Gasteiger partial charge in [-0.2, -0.15) is 0 Å². The Morgan fingerprint density at radius 1 is 1.05 bits per heavy atom. The molecule has 0 spiro atoms. The summed E-state index contributed by atoms with van der Waals surface area (Å²) in [5.74, 6) is 0.599. The molecule has 1 rings (SSSR count). The molecule has 1 amide bonds. The van der Waals surface area contributed by atoms with Gasteiger partial charge in [-0.25, -0.2) is 4.79 Å². The summed E-state index contributed by atoms with van der Waals surface area (Å²) in [7, 11) is 1.79. The highest BCUT2D eigenvalue weighted by Gasteiger charge is 2.10. The summed E-state index contributed by atoms with van der Waals surface area (Å²) < 4.78 is 5.26. The van der Waals surface area contributed by atoms with E-state index in [1.165, 1.54) is 32.1 Å². The van der Waals surface area contributed by atoms with Crippen molar-refractivity contribution in [2.24, 2.45) is 0 Å². The minimum Gasteiger partial charge on any atom is -0.410 e. The second-order valence-electron chi connectivity index (χ2n) is 4.87. The molecule has 1 aromatic rings. The van der Waals surface area contributed by atoms with E-state index < -0.39 is 0 Å². The van der Waals surface area contributed by atoms with Crippen molar-refractivity contribution in [1.82, 2.24) is 4.90 Å². The Hall–Kier alpha value is -1.51. The number of para-hydroxylation sites is 1. The second-order valence-corrected chi connectivity index (χ2v) is 4.87. The lowest BCUT2D eigenvalue weighted by molar-refractivity contribution is 0.162. The number of unbranched alkanes of at least 4 members (excludes halogenated alkanes) is 5. The van der Waals surface area contributed by atoms with Crippen LogP contribution >= 0.6 is 0 Å². The van der Waals surface area contributed by atoms with E-state index >= 15 is 0 Å². The molecular formula is C16H25NO2. The molecule has 0 radical (unpaired) electrons. The zero-order valence-corrected chi connectivity index (χ0v) is 12.1. The maximum atomic E-state index is 11.8. The van der Waals surface area contributed by atoms with Crippen LogP contribution in [0.3, 0.4) is 0 Å². The number of rotatable bonds is 8. The van der Waals surface area contributed by atoms with E-state index in [2.05, 4.69) is 6.92 Å². The number of amides is 1. The van der Waals surface area contributed by atoms with Crippen LogP contribution in [-0.4, -0.2) is 24.6 Å². The molecule has 0 bridgehead atoms. The lowest BCUT2D eigenvalue weighted by Crippen LogP contribution is -2.30. The summed E-state index contributed by atoms with van der Waals surface area (Å²) in [6.07, 6.45) is 7.09. The Bertz CT molecular complexity index is 351.